The zero-order valence-electron chi connectivity index (χ0n) is 13.6. The highest BCUT2D eigenvalue weighted by molar-refractivity contribution is 6.34. The lowest BCUT2D eigenvalue weighted by Gasteiger charge is -2.35. The van der Waals surface area contributed by atoms with Gasteiger partial charge >= 0.3 is 6.18 Å². The molecule has 1 saturated heterocycles. The second-order valence-corrected chi connectivity index (χ2v) is 6.93. The van der Waals surface area contributed by atoms with Crippen LogP contribution in [0.4, 0.5) is 19.0 Å². The van der Waals surface area contributed by atoms with Crippen molar-refractivity contribution in [3.8, 4) is 0 Å². The van der Waals surface area contributed by atoms with Gasteiger partial charge in [-0.3, -0.25) is 4.79 Å². The third kappa shape index (κ3) is 4.39. The molecule has 1 aliphatic rings. The Morgan fingerprint density at radius 2 is 1.74 bits per heavy atom. The van der Waals surface area contributed by atoms with Gasteiger partial charge in [0.05, 0.1) is 16.1 Å². The first-order chi connectivity index (χ1) is 12.7. The smallest absolute Gasteiger partial charge is 0.352 e. The largest absolute Gasteiger partial charge is 0.417 e. The summed E-state index contributed by atoms with van der Waals surface area (Å²) in [6.07, 6.45) is -3.76. The number of pyridine rings is 2. The van der Waals surface area contributed by atoms with Crippen LogP contribution in [0.5, 0.6) is 0 Å². The van der Waals surface area contributed by atoms with Gasteiger partial charge in [0.15, 0.2) is 0 Å². The van der Waals surface area contributed by atoms with Crippen molar-refractivity contribution in [3.05, 3.63) is 50.9 Å². The molecular weight excluding hydrogens is 428 g/mol. The fourth-order valence-corrected chi connectivity index (χ4v) is 3.39. The van der Waals surface area contributed by atoms with Crippen LogP contribution in [0.3, 0.4) is 0 Å². The lowest BCUT2D eigenvalue weighted by atomic mass is 10.2. The molecule has 144 valence electrons. The summed E-state index contributed by atoms with van der Waals surface area (Å²) in [6.45, 7) is 1.39. The molecular formula is C16H12Cl3F3N4O. The molecule has 0 aliphatic carbocycles. The summed E-state index contributed by atoms with van der Waals surface area (Å²) in [7, 11) is 0. The van der Waals surface area contributed by atoms with Gasteiger partial charge in [-0.05, 0) is 18.2 Å². The second-order valence-electron chi connectivity index (χ2n) is 5.78. The van der Waals surface area contributed by atoms with Crippen molar-refractivity contribution in [3.63, 3.8) is 0 Å². The molecule has 0 atom stereocenters. The molecule has 3 heterocycles. The lowest BCUT2D eigenvalue weighted by Crippen LogP contribution is -2.49. The van der Waals surface area contributed by atoms with Crippen molar-refractivity contribution in [2.75, 3.05) is 31.1 Å². The van der Waals surface area contributed by atoms with Crippen molar-refractivity contribution in [1.29, 1.82) is 0 Å². The van der Waals surface area contributed by atoms with Crippen molar-refractivity contribution < 1.29 is 18.0 Å². The number of halogens is 6. The Kier molecular flexibility index (Phi) is 5.69. The number of carbonyl (C=O) groups excluding carboxylic acids is 1. The van der Waals surface area contributed by atoms with E-state index in [-0.39, 0.29) is 32.6 Å². The Labute approximate surface area is 167 Å². The van der Waals surface area contributed by atoms with E-state index in [9.17, 15) is 18.0 Å². The molecule has 2 aromatic heterocycles. The molecule has 27 heavy (non-hydrogen) atoms. The van der Waals surface area contributed by atoms with Crippen LogP contribution in [-0.2, 0) is 6.18 Å². The van der Waals surface area contributed by atoms with E-state index in [1.807, 2.05) is 0 Å². The number of rotatable bonds is 2. The van der Waals surface area contributed by atoms with E-state index in [2.05, 4.69) is 9.97 Å². The van der Waals surface area contributed by atoms with Gasteiger partial charge in [0, 0.05) is 32.4 Å². The minimum absolute atomic E-state index is 0.0161. The molecule has 0 N–H and O–H groups in total. The monoisotopic (exact) mass is 438 g/mol. The SMILES string of the molecule is O=C(c1ccc(Cl)nc1Cl)N1CCN(c2ncc(C(F)(F)F)cc2Cl)CC1. The normalized spacial score (nSPS) is 15.2. The molecule has 1 amide bonds. The summed E-state index contributed by atoms with van der Waals surface area (Å²) < 4.78 is 38.2. The summed E-state index contributed by atoms with van der Waals surface area (Å²) >= 11 is 17.7. The fraction of sp³-hybridized carbons (Fsp3) is 0.312. The van der Waals surface area contributed by atoms with E-state index in [1.54, 1.807) is 9.80 Å². The summed E-state index contributed by atoms with van der Waals surface area (Å²) in [5, 5.41) is 0.112. The van der Waals surface area contributed by atoms with Crippen LogP contribution in [0, 0.1) is 0 Å². The maximum atomic E-state index is 12.7. The Balaban J connectivity index is 1.69. The lowest BCUT2D eigenvalue weighted by molar-refractivity contribution is -0.137. The molecule has 1 aliphatic heterocycles. The van der Waals surface area contributed by atoms with E-state index in [4.69, 9.17) is 34.8 Å². The van der Waals surface area contributed by atoms with Crippen molar-refractivity contribution in [2.24, 2.45) is 0 Å². The predicted molar refractivity (Wildman–Crippen MR) is 96.6 cm³/mol. The maximum absolute atomic E-state index is 12.7. The van der Waals surface area contributed by atoms with Crippen molar-refractivity contribution in [2.45, 2.75) is 6.18 Å². The molecule has 11 heteroatoms. The number of hydrogen-bond donors (Lipinski definition) is 0. The highest BCUT2D eigenvalue weighted by atomic mass is 35.5. The van der Waals surface area contributed by atoms with Gasteiger partial charge < -0.3 is 9.80 Å². The molecule has 0 unspecified atom stereocenters. The first-order valence-electron chi connectivity index (χ1n) is 7.76. The highest BCUT2D eigenvalue weighted by Crippen LogP contribution is 2.33. The minimum Gasteiger partial charge on any atom is -0.352 e. The summed E-state index contributed by atoms with van der Waals surface area (Å²) in [5.74, 6) is -0.0433. The van der Waals surface area contributed by atoms with Crippen LogP contribution in [0.1, 0.15) is 15.9 Å². The molecule has 1 fully saturated rings. The quantitative estimate of drug-likeness (QED) is 0.650. The molecule has 0 aromatic carbocycles. The van der Waals surface area contributed by atoms with Gasteiger partial charge in [-0.15, -0.1) is 0 Å². The topological polar surface area (TPSA) is 49.3 Å². The predicted octanol–water partition coefficient (Wildman–Crippen LogP) is 4.42. The van der Waals surface area contributed by atoms with E-state index >= 15 is 0 Å². The average Bonchev–Trinajstić information content (AvgIpc) is 2.60. The standard InChI is InChI=1S/C16H12Cl3F3N4O/c17-11-7-9(16(20,21)22)8-23-14(11)25-3-5-26(6-4-25)15(27)10-1-2-12(18)24-13(10)19/h1-2,7-8H,3-6H2. The molecule has 0 radical (unpaired) electrons. The molecule has 0 saturated carbocycles. The van der Waals surface area contributed by atoms with Gasteiger partial charge in [0.1, 0.15) is 16.1 Å². The number of alkyl halides is 3. The zero-order chi connectivity index (χ0) is 19.8. The van der Waals surface area contributed by atoms with E-state index in [0.717, 1.165) is 12.3 Å². The van der Waals surface area contributed by atoms with Gasteiger partial charge in [0.2, 0.25) is 0 Å². The van der Waals surface area contributed by atoms with E-state index < -0.39 is 11.7 Å². The number of hydrogen-bond acceptors (Lipinski definition) is 4. The molecule has 5 nitrogen and oxygen atoms in total. The Morgan fingerprint density at radius 1 is 1.07 bits per heavy atom. The highest BCUT2D eigenvalue weighted by Gasteiger charge is 2.32. The number of anilines is 1. The number of nitrogens with zero attached hydrogens (tertiary/aromatic N) is 4. The summed E-state index contributed by atoms with van der Waals surface area (Å²) in [4.78, 5) is 23.6. The number of piperazine rings is 1. The first-order valence-corrected chi connectivity index (χ1v) is 8.89. The zero-order valence-corrected chi connectivity index (χ0v) is 15.9. The maximum Gasteiger partial charge on any atom is 0.417 e. The Bertz CT molecular complexity index is 870. The number of amides is 1. The van der Waals surface area contributed by atoms with Crippen LogP contribution in [0.25, 0.3) is 0 Å². The van der Waals surface area contributed by atoms with Crippen molar-refractivity contribution >= 4 is 46.5 Å². The van der Waals surface area contributed by atoms with Crippen LogP contribution >= 0.6 is 34.8 Å². The summed E-state index contributed by atoms with van der Waals surface area (Å²) in [6, 6.07) is 3.82. The number of carbonyl (C=O) groups is 1. The van der Waals surface area contributed by atoms with E-state index in [1.165, 1.54) is 12.1 Å². The third-order valence-corrected chi connectivity index (χ3v) is 4.84. The molecule has 3 rings (SSSR count). The molecule has 0 bridgehead atoms. The van der Waals surface area contributed by atoms with Crippen LogP contribution in [0.15, 0.2) is 24.4 Å². The minimum atomic E-state index is -4.51. The van der Waals surface area contributed by atoms with Gasteiger partial charge in [-0.25, -0.2) is 9.97 Å². The van der Waals surface area contributed by atoms with Gasteiger partial charge in [-0.1, -0.05) is 34.8 Å². The van der Waals surface area contributed by atoms with Crippen LogP contribution in [0.2, 0.25) is 15.3 Å². The van der Waals surface area contributed by atoms with Gasteiger partial charge in [0.25, 0.3) is 5.91 Å². The fourth-order valence-electron chi connectivity index (χ4n) is 2.68. The number of aromatic nitrogens is 2. The average molecular weight is 440 g/mol. The summed E-state index contributed by atoms with van der Waals surface area (Å²) in [5.41, 5.74) is -0.671. The molecule has 2 aromatic rings. The second kappa shape index (κ2) is 7.69. The van der Waals surface area contributed by atoms with Gasteiger partial charge in [-0.2, -0.15) is 13.2 Å². The van der Waals surface area contributed by atoms with Crippen LogP contribution < -0.4 is 4.90 Å². The van der Waals surface area contributed by atoms with Crippen LogP contribution in [-0.4, -0.2) is 47.0 Å². The van der Waals surface area contributed by atoms with E-state index in [0.29, 0.717) is 26.2 Å². The Hall–Kier alpha value is -1.77. The first kappa shape index (κ1) is 20.0. The Morgan fingerprint density at radius 3 is 2.30 bits per heavy atom. The molecule has 0 spiro atoms. The third-order valence-electron chi connectivity index (χ3n) is 4.06. The van der Waals surface area contributed by atoms with Crippen molar-refractivity contribution in [1.82, 2.24) is 14.9 Å².